The normalized spacial score (nSPS) is 39.3. The average molecular weight is 350 g/mol. The number of carbonyl (C=O) groups is 2. The van der Waals surface area contributed by atoms with E-state index in [1.54, 1.807) is 0 Å². The summed E-state index contributed by atoms with van der Waals surface area (Å²) in [5, 5.41) is 0. The minimum absolute atomic E-state index is 0.0220. The molecule has 6 unspecified atom stereocenters. The Hall–Kier alpha value is -1.06. The number of hydrogen-bond acceptors (Lipinski definition) is 4. The summed E-state index contributed by atoms with van der Waals surface area (Å²) in [6.45, 7) is 16.8. The molecule has 0 spiro atoms. The molecule has 25 heavy (non-hydrogen) atoms. The molecule has 4 heteroatoms. The Labute approximate surface area is 152 Å². The molecular weight excluding hydrogens is 316 g/mol. The molecule has 6 atom stereocenters. The second-order valence-corrected chi connectivity index (χ2v) is 11.3. The fourth-order valence-corrected chi connectivity index (χ4v) is 5.37. The number of esters is 2. The van der Waals surface area contributed by atoms with Gasteiger partial charge in [-0.3, -0.25) is 9.59 Å². The lowest BCUT2D eigenvalue weighted by Crippen LogP contribution is -2.48. The Morgan fingerprint density at radius 3 is 2.32 bits per heavy atom. The fourth-order valence-electron chi connectivity index (χ4n) is 5.37. The van der Waals surface area contributed by atoms with Crippen LogP contribution >= 0.6 is 0 Å². The lowest BCUT2D eigenvalue weighted by molar-refractivity contribution is -0.180. The number of ether oxygens (including phenoxy) is 2. The van der Waals surface area contributed by atoms with Crippen molar-refractivity contribution in [2.45, 2.75) is 86.9 Å². The van der Waals surface area contributed by atoms with E-state index in [0.29, 0.717) is 0 Å². The SMILES string of the molecule is CC(C)(C)CC(C)(C(=O)OC1C2CC3C1OC(=O)C3(C)C2)C(C)(C)C. The van der Waals surface area contributed by atoms with Gasteiger partial charge in [0.15, 0.2) is 0 Å². The Kier molecular flexibility index (Phi) is 3.92. The van der Waals surface area contributed by atoms with Crippen molar-refractivity contribution in [3.8, 4) is 0 Å². The van der Waals surface area contributed by atoms with Crippen LogP contribution in [0.5, 0.6) is 0 Å². The number of hydrogen-bond donors (Lipinski definition) is 0. The highest BCUT2D eigenvalue weighted by atomic mass is 16.6. The van der Waals surface area contributed by atoms with E-state index in [4.69, 9.17) is 9.47 Å². The van der Waals surface area contributed by atoms with Crippen molar-refractivity contribution in [1.82, 2.24) is 0 Å². The van der Waals surface area contributed by atoms with E-state index in [0.717, 1.165) is 19.3 Å². The van der Waals surface area contributed by atoms with Gasteiger partial charge in [0, 0.05) is 11.8 Å². The van der Waals surface area contributed by atoms with Gasteiger partial charge in [0.2, 0.25) is 0 Å². The third-order valence-corrected chi connectivity index (χ3v) is 7.19. The van der Waals surface area contributed by atoms with Gasteiger partial charge in [0.05, 0.1) is 10.8 Å². The molecule has 3 rings (SSSR count). The molecule has 0 radical (unpaired) electrons. The van der Waals surface area contributed by atoms with E-state index in [1.165, 1.54) is 0 Å². The van der Waals surface area contributed by atoms with Crippen LogP contribution in [-0.2, 0) is 19.1 Å². The maximum absolute atomic E-state index is 13.3. The molecule has 2 saturated carbocycles. The van der Waals surface area contributed by atoms with E-state index >= 15 is 0 Å². The van der Waals surface area contributed by atoms with Crippen molar-refractivity contribution in [3.05, 3.63) is 0 Å². The van der Waals surface area contributed by atoms with Crippen molar-refractivity contribution >= 4 is 11.9 Å². The van der Waals surface area contributed by atoms with Gasteiger partial charge < -0.3 is 9.47 Å². The highest BCUT2D eigenvalue weighted by Gasteiger charge is 2.69. The van der Waals surface area contributed by atoms with Crippen LogP contribution in [0.1, 0.15) is 74.7 Å². The third kappa shape index (κ3) is 2.71. The number of fused-ring (bicyclic) bond motifs is 1. The summed E-state index contributed by atoms with van der Waals surface area (Å²) in [5.41, 5.74) is -1.13. The van der Waals surface area contributed by atoms with Crippen LogP contribution in [-0.4, -0.2) is 24.1 Å². The maximum atomic E-state index is 13.3. The second kappa shape index (κ2) is 5.23. The maximum Gasteiger partial charge on any atom is 0.312 e. The van der Waals surface area contributed by atoms with Gasteiger partial charge >= 0.3 is 11.9 Å². The molecule has 0 aromatic heterocycles. The largest absolute Gasteiger partial charge is 0.458 e. The Balaban J connectivity index is 1.81. The molecule has 142 valence electrons. The summed E-state index contributed by atoms with van der Waals surface area (Å²) >= 11 is 0. The quantitative estimate of drug-likeness (QED) is 0.710. The number of rotatable bonds is 3. The van der Waals surface area contributed by atoms with Gasteiger partial charge in [-0.15, -0.1) is 0 Å². The van der Waals surface area contributed by atoms with Gasteiger partial charge in [-0.1, -0.05) is 41.5 Å². The van der Waals surface area contributed by atoms with E-state index in [1.807, 2.05) is 13.8 Å². The van der Waals surface area contributed by atoms with Crippen molar-refractivity contribution < 1.29 is 19.1 Å². The van der Waals surface area contributed by atoms with Gasteiger partial charge in [-0.05, 0) is 43.9 Å². The predicted octanol–water partition coefficient (Wildman–Crippen LogP) is 4.36. The third-order valence-electron chi connectivity index (χ3n) is 7.19. The second-order valence-electron chi connectivity index (χ2n) is 11.3. The first-order chi connectivity index (χ1) is 11.2. The van der Waals surface area contributed by atoms with Crippen LogP contribution < -0.4 is 0 Å². The molecule has 0 N–H and O–H groups in total. The van der Waals surface area contributed by atoms with Crippen molar-refractivity contribution in [3.63, 3.8) is 0 Å². The monoisotopic (exact) mass is 350 g/mol. The zero-order valence-electron chi connectivity index (χ0n) is 17.1. The lowest BCUT2D eigenvalue weighted by atomic mass is 9.61. The topological polar surface area (TPSA) is 52.6 Å². The first-order valence-electron chi connectivity index (χ1n) is 9.61. The average Bonchev–Trinajstić information content (AvgIpc) is 2.96. The van der Waals surface area contributed by atoms with Gasteiger partial charge in [0.1, 0.15) is 12.2 Å². The van der Waals surface area contributed by atoms with Gasteiger partial charge in [-0.25, -0.2) is 0 Å². The molecule has 3 aliphatic rings. The summed E-state index contributed by atoms with van der Waals surface area (Å²) in [6, 6.07) is 0. The summed E-state index contributed by atoms with van der Waals surface area (Å²) in [4.78, 5) is 25.5. The summed E-state index contributed by atoms with van der Waals surface area (Å²) in [6.07, 6.45) is 1.98. The molecule has 0 aromatic rings. The Morgan fingerprint density at radius 2 is 1.80 bits per heavy atom. The molecule has 2 aliphatic carbocycles. The zero-order chi connectivity index (χ0) is 19.0. The molecule has 0 aromatic carbocycles. The lowest BCUT2D eigenvalue weighted by Gasteiger charge is -2.44. The van der Waals surface area contributed by atoms with Crippen LogP contribution in [0.15, 0.2) is 0 Å². The van der Waals surface area contributed by atoms with E-state index in [-0.39, 0.29) is 52.2 Å². The van der Waals surface area contributed by atoms with Gasteiger partial charge in [-0.2, -0.15) is 0 Å². The smallest absolute Gasteiger partial charge is 0.312 e. The van der Waals surface area contributed by atoms with E-state index in [9.17, 15) is 9.59 Å². The highest BCUT2D eigenvalue weighted by molar-refractivity contribution is 5.81. The summed E-state index contributed by atoms with van der Waals surface area (Å²) in [5.74, 6) is 0.231. The molecular formula is C21H34O4. The van der Waals surface area contributed by atoms with Crippen LogP contribution in [0.3, 0.4) is 0 Å². The Morgan fingerprint density at radius 1 is 1.20 bits per heavy atom. The summed E-state index contributed by atoms with van der Waals surface area (Å²) < 4.78 is 11.7. The van der Waals surface area contributed by atoms with Crippen molar-refractivity contribution in [2.75, 3.05) is 0 Å². The van der Waals surface area contributed by atoms with Crippen LogP contribution in [0.2, 0.25) is 0 Å². The first-order valence-corrected chi connectivity index (χ1v) is 9.61. The molecule has 1 aliphatic heterocycles. The molecule has 4 nitrogen and oxygen atoms in total. The fraction of sp³-hybridized carbons (Fsp3) is 0.905. The van der Waals surface area contributed by atoms with E-state index in [2.05, 4.69) is 41.5 Å². The van der Waals surface area contributed by atoms with Crippen molar-refractivity contribution in [2.24, 2.45) is 33.5 Å². The minimum atomic E-state index is -0.584. The zero-order valence-corrected chi connectivity index (χ0v) is 17.1. The first kappa shape index (κ1) is 18.7. The minimum Gasteiger partial charge on any atom is -0.458 e. The molecule has 1 saturated heterocycles. The molecule has 2 bridgehead atoms. The number of carbonyl (C=O) groups excluding carboxylic acids is 2. The highest BCUT2D eigenvalue weighted by Crippen LogP contribution is 2.62. The van der Waals surface area contributed by atoms with Crippen LogP contribution in [0.25, 0.3) is 0 Å². The molecule has 0 amide bonds. The molecule has 1 heterocycles. The van der Waals surface area contributed by atoms with Crippen LogP contribution in [0.4, 0.5) is 0 Å². The summed E-state index contributed by atoms with van der Waals surface area (Å²) in [7, 11) is 0. The Bertz CT molecular complexity index is 596. The van der Waals surface area contributed by atoms with Crippen molar-refractivity contribution in [1.29, 1.82) is 0 Å². The predicted molar refractivity (Wildman–Crippen MR) is 95.7 cm³/mol. The molecule has 3 fully saturated rings. The van der Waals surface area contributed by atoms with Gasteiger partial charge in [0.25, 0.3) is 0 Å². The van der Waals surface area contributed by atoms with E-state index < -0.39 is 5.41 Å². The standard InChI is InChI=1S/C21H34O4/c1-18(2,3)11-21(8,19(4,5)6)17(23)24-14-12-9-13-15(14)25-16(22)20(13,7)10-12/h12-15H,9-11H2,1-8H3. The van der Waals surface area contributed by atoms with Crippen LogP contribution in [0, 0.1) is 33.5 Å².